The molecule has 0 aliphatic rings. The molecule has 82 valence electrons. The number of benzene rings is 1. The smallest absolute Gasteiger partial charge is 0.344 e. The highest BCUT2D eigenvalue weighted by atomic mass is 16.5. The Morgan fingerprint density at radius 1 is 1.53 bits per heavy atom. The molecule has 0 aromatic heterocycles. The number of aliphatic carboxylic acids is 1. The van der Waals surface area contributed by atoms with E-state index >= 15 is 0 Å². The maximum Gasteiger partial charge on any atom is 0.344 e. The van der Waals surface area contributed by atoms with E-state index in [1.54, 1.807) is 6.07 Å². The van der Waals surface area contributed by atoms with Crippen LogP contribution in [-0.2, 0) is 11.3 Å². The Morgan fingerprint density at radius 2 is 2.20 bits per heavy atom. The number of carbonyl (C=O) groups is 1. The van der Waals surface area contributed by atoms with Gasteiger partial charge in [-0.1, -0.05) is 18.2 Å². The molecule has 4 nitrogen and oxygen atoms in total. The minimum Gasteiger partial charge on any atom is -0.479 e. The number of hydrogen-bond donors (Lipinski definition) is 2. The first-order valence-electron chi connectivity index (χ1n) is 4.77. The van der Waals surface area contributed by atoms with Crippen molar-refractivity contribution in [3.63, 3.8) is 0 Å². The average Bonchev–Trinajstić information content (AvgIpc) is 2.21. The van der Waals surface area contributed by atoms with E-state index < -0.39 is 12.1 Å². The lowest BCUT2D eigenvalue weighted by molar-refractivity contribution is -0.144. The number of para-hydroxylation sites is 1. The highest BCUT2D eigenvalue weighted by Crippen LogP contribution is 2.18. The molecule has 0 heterocycles. The third-order valence-electron chi connectivity index (χ3n) is 1.99. The van der Waals surface area contributed by atoms with Gasteiger partial charge in [0.15, 0.2) is 6.10 Å². The maximum atomic E-state index is 10.6. The SMILES string of the molecule is CNCc1ccccc1OC(C)C(=O)O. The highest BCUT2D eigenvalue weighted by molar-refractivity contribution is 5.72. The lowest BCUT2D eigenvalue weighted by Crippen LogP contribution is -2.23. The molecule has 0 aliphatic heterocycles. The Labute approximate surface area is 88.9 Å². The summed E-state index contributed by atoms with van der Waals surface area (Å²) in [6, 6.07) is 7.39. The van der Waals surface area contributed by atoms with Gasteiger partial charge in [-0.2, -0.15) is 0 Å². The molecule has 15 heavy (non-hydrogen) atoms. The van der Waals surface area contributed by atoms with Gasteiger partial charge in [-0.05, 0) is 20.0 Å². The number of carboxylic acid groups (broad SMARTS) is 1. The predicted molar refractivity (Wildman–Crippen MR) is 56.9 cm³/mol. The summed E-state index contributed by atoms with van der Waals surface area (Å²) < 4.78 is 5.32. The molecule has 0 aliphatic carbocycles. The molecular weight excluding hydrogens is 194 g/mol. The van der Waals surface area contributed by atoms with Crippen molar-refractivity contribution >= 4 is 5.97 Å². The van der Waals surface area contributed by atoms with Gasteiger partial charge in [-0.3, -0.25) is 0 Å². The third kappa shape index (κ3) is 3.25. The molecule has 0 fully saturated rings. The van der Waals surface area contributed by atoms with Gasteiger partial charge in [0.25, 0.3) is 0 Å². The Bertz CT molecular complexity index is 338. The van der Waals surface area contributed by atoms with E-state index in [1.165, 1.54) is 6.92 Å². The van der Waals surface area contributed by atoms with Crippen LogP contribution in [0, 0.1) is 0 Å². The number of rotatable bonds is 5. The van der Waals surface area contributed by atoms with Crippen LogP contribution in [0.15, 0.2) is 24.3 Å². The van der Waals surface area contributed by atoms with Crippen LogP contribution in [-0.4, -0.2) is 24.2 Å². The van der Waals surface area contributed by atoms with Gasteiger partial charge < -0.3 is 15.2 Å². The van der Waals surface area contributed by atoms with Gasteiger partial charge in [0, 0.05) is 12.1 Å². The largest absolute Gasteiger partial charge is 0.479 e. The van der Waals surface area contributed by atoms with Gasteiger partial charge >= 0.3 is 5.97 Å². The second kappa shape index (κ2) is 5.36. The van der Waals surface area contributed by atoms with Crippen molar-refractivity contribution in [3.8, 4) is 5.75 Å². The second-order valence-corrected chi connectivity index (χ2v) is 3.24. The van der Waals surface area contributed by atoms with E-state index in [0.717, 1.165) is 5.56 Å². The summed E-state index contributed by atoms with van der Waals surface area (Å²) in [5.41, 5.74) is 0.952. The molecule has 0 saturated heterocycles. The predicted octanol–water partition coefficient (Wildman–Crippen LogP) is 1.26. The normalized spacial score (nSPS) is 12.1. The van der Waals surface area contributed by atoms with E-state index in [4.69, 9.17) is 9.84 Å². The van der Waals surface area contributed by atoms with E-state index in [2.05, 4.69) is 5.32 Å². The molecule has 0 saturated carbocycles. The van der Waals surface area contributed by atoms with Crippen molar-refractivity contribution in [2.24, 2.45) is 0 Å². The molecular formula is C11H15NO3. The zero-order valence-electron chi connectivity index (χ0n) is 8.86. The van der Waals surface area contributed by atoms with Gasteiger partial charge in [0.1, 0.15) is 5.75 Å². The Hall–Kier alpha value is -1.55. The van der Waals surface area contributed by atoms with Crippen LogP contribution in [0.5, 0.6) is 5.75 Å². The summed E-state index contributed by atoms with van der Waals surface area (Å²) in [5, 5.41) is 11.7. The minimum absolute atomic E-state index is 0.613. The summed E-state index contributed by atoms with van der Waals surface area (Å²) in [6.07, 6.45) is -0.831. The van der Waals surface area contributed by atoms with Crippen LogP contribution in [0.3, 0.4) is 0 Å². The second-order valence-electron chi connectivity index (χ2n) is 3.24. The zero-order valence-corrected chi connectivity index (χ0v) is 8.86. The monoisotopic (exact) mass is 209 g/mol. The molecule has 2 N–H and O–H groups in total. The molecule has 1 atom stereocenters. The lowest BCUT2D eigenvalue weighted by atomic mass is 10.2. The van der Waals surface area contributed by atoms with Gasteiger partial charge in [0.2, 0.25) is 0 Å². The zero-order chi connectivity index (χ0) is 11.3. The van der Waals surface area contributed by atoms with Crippen molar-refractivity contribution in [2.75, 3.05) is 7.05 Å². The molecule has 0 radical (unpaired) electrons. The van der Waals surface area contributed by atoms with E-state index in [1.807, 2.05) is 25.2 Å². The van der Waals surface area contributed by atoms with Gasteiger partial charge in [0.05, 0.1) is 0 Å². The van der Waals surface area contributed by atoms with Crippen LogP contribution in [0.25, 0.3) is 0 Å². The fourth-order valence-corrected chi connectivity index (χ4v) is 1.20. The first-order valence-corrected chi connectivity index (χ1v) is 4.77. The Kier molecular flexibility index (Phi) is 4.12. The number of carboxylic acids is 1. The number of ether oxygens (including phenoxy) is 1. The summed E-state index contributed by atoms with van der Waals surface area (Å²) in [4.78, 5) is 10.6. The Morgan fingerprint density at radius 3 is 2.80 bits per heavy atom. The van der Waals surface area contributed by atoms with Gasteiger partial charge in [-0.15, -0.1) is 0 Å². The summed E-state index contributed by atoms with van der Waals surface area (Å²) >= 11 is 0. The maximum absolute atomic E-state index is 10.6. The van der Waals surface area contributed by atoms with E-state index in [-0.39, 0.29) is 0 Å². The molecule has 1 aromatic carbocycles. The third-order valence-corrected chi connectivity index (χ3v) is 1.99. The van der Waals surface area contributed by atoms with Crippen LogP contribution < -0.4 is 10.1 Å². The molecule has 0 spiro atoms. The first kappa shape index (κ1) is 11.5. The fourth-order valence-electron chi connectivity index (χ4n) is 1.20. The van der Waals surface area contributed by atoms with Crippen molar-refractivity contribution in [1.29, 1.82) is 0 Å². The lowest BCUT2D eigenvalue weighted by Gasteiger charge is -2.13. The molecule has 0 bridgehead atoms. The summed E-state index contributed by atoms with van der Waals surface area (Å²) in [5.74, 6) is -0.351. The standard InChI is InChI=1S/C11H15NO3/c1-8(11(13)14)15-10-6-4-3-5-9(10)7-12-2/h3-6,8,12H,7H2,1-2H3,(H,13,14). The van der Waals surface area contributed by atoms with Crippen molar-refractivity contribution < 1.29 is 14.6 Å². The van der Waals surface area contributed by atoms with Crippen LogP contribution >= 0.6 is 0 Å². The van der Waals surface area contributed by atoms with Gasteiger partial charge in [-0.25, -0.2) is 4.79 Å². The molecule has 1 aromatic rings. The van der Waals surface area contributed by atoms with Crippen LogP contribution in [0.1, 0.15) is 12.5 Å². The van der Waals surface area contributed by atoms with E-state index in [0.29, 0.717) is 12.3 Å². The first-order chi connectivity index (χ1) is 7.15. The average molecular weight is 209 g/mol. The highest BCUT2D eigenvalue weighted by Gasteiger charge is 2.13. The number of nitrogens with one attached hydrogen (secondary N) is 1. The summed E-state index contributed by atoms with van der Waals surface area (Å²) in [6.45, 7) is 2.17. The topological polar surface area (TPSA) is 58.6 Å². The molecule has 4 heteroatoms. The summed E-state index contributed by atoms with van der Waals surface area (Å²) in [7, 11) is 1.83. The minimum atomic E-state index is -0.964. The van der Waals surface area contributed by atoms with Crippen LogP contribution in [0.2, 0.25) is 0 Å². The van der Waals surface area contributed by atoms with Crippen molar-refractivity contribution in [1.82, 2.24) is 5.32 Å². The quantitative estimate of drug-likeness (QED) is 0.766. The molecule has 1 unspecified atom stereocenters. The van der Waals surface area contributed by atoms with E-state index in [9.17, 15) is 4.79 Å². The van der Waals surface area contributed by atoms with Crippen LogP contribution in [0.4, 0.5) is 0 Å². The number of hydrogen-bond acceptors (Lipinski definition) is 3. The van der Waals surface area contributed by atoms with Crippen molar-refractivity contribution in [2.45, 2.75) is 19.6 Å². The fraction of sp³-hybridized carbons (Fsp3) is 0.364. The Balaban J connectivity index is 2.79. The molecule has 1 rings (SSSR count). The molecule has 0 amide bonds. The van der Waals surface area contributed by atoms with Crippen molar-refractivity contribution in [3.05, 3.63) is 29.8 Å².